The first-order valence-corrected chi connectivity index (χ1v) is 12.3. The van der Waals surface area contributed by atoms with E-state index in [9.17, 15) is 13.2 Å². The average molecular weight is 483 g/mol. The molecule has 0 aliphatic rings. The first kappa shape index (κ1) is 25.1. The molecule has 7 nitrogen and oxygen atoms in total. The number of carbonyl (C=O) groups excluding carboxylic acids is 1. The van der Waals surface area contributed by atoms with Gasteiger partial charge in [0, 0.05) is 11.8 Å². The fourth-order valence-corrected chi connectivity index (χ4v) is 5.06. The van der Waals surface area contributed by atoms with Gasteiger partial charge in [0.05, 0.1) is 24.8 Å². The van der Waals surface area contributed by atoms with Gasteiger partial charge in [-0.25, -0.2) is 8.42 Å². The number of benzene rings is 3. The smallest absolute Gasteiger partial charge is 0.264 e. The SMILES string of the molecule is CCc1cccc(C)c1NC(=O)CN(c1ccc(OC)c(OC)c1)S(=O)(=O)c1ccc(C)cc1. The highest BCUT2D eigenvalue weighted by Crippen LogP contribution is 2.34. The molecule has 34 heavy (non-hydrogen) atoms. The van der Waals surface area contributed by atoms with Gasteiger partial charge in [-0.3, -0.25) is 9.10 Å². The van der Waals surface area contributed by atoms with Crippen molar-refractivity contribution in [3.05, 3.63) is 77.4 Å². The number of sulfonamides is 1. The average Bonchev–Trinajstić information content (AvgIpc) is 2.83. The maximum absolute atomic E-state index is 13.7. The molecular formula is C26H30N2O5S. The number of hydrogen-bond donors (Lipinski definition) is 1. The molecular weight excluding hydrogens is 452 g/mol. The van der Waals surface area contributed by atoms with E-state index in [1.54, 1.807) is 30.3 Å². The molecule has 8 heteroatoms. The Hall–Kier alpha value is -3.52. The highest BCUT2D eigenvalue weighted by Gasteiger charge is 2.28. The van der Waals surface area contributed by atoms with Crippen molar-refractivity contribution in [1.82, 2.24) is 0 Å². The largest absolute Gasteiger partial charge is 0.493 e. The molecule has 0 aromatic heterocycles. The van der Waals surface area contributed by atoms with E-state index < -0.39 is 22.5 Å². The lowest BCUT2D eigenvalue weighted by Gasteiger charge is -2.25. The summed E-state index contributed by atoms with van der Waals surface area (Å²) in [7, 11) is -1.08. The van der Waals surface area contributed by atoms with E-state index in [4.69, 9.17) is 9.47 Å². The van der Waals surface area contributed by atoms with Crippen molar-refractivity contribution >= 4 is 27.3 Å². The molecule has 180 valence electrons. The summed E-state index contributed by atoms with van der Waals surface area (Å²) in [6.07, 6.45) is 0.734. The summed E-state index contributed by atoms with van der Waals surface area (Å²) in [5.41, 5.74) is 3.81. The zero-order valence-electron chi connectivity index (χ0n) is 20.1. The first-order chi connectivity index (χ1) is 16.2. The van der Waals surface area contributed by atoms with Crippen LogP contribution < -0.4 is 19.1 Å². The fourth-order valence-electron chi connectivity index (χ4n) is 3.64. The van der Waals surface area contributed by atoms with Gasteiger partial charge in [-0.2, -0.15) is 0 Å². The monoisotopic (exact) mass is 482 g/mol. The van der Waals surface area contributed by atoms with Crippen molar-refractivity contribution in [2.45, 2.75) is 32.1 Å². The Bertz CT molecular complexity index is 1270. The Balaban J connectivity index is 2.04. The van der Waals surface area contributed by atoms with Gasteiger partial charge in [-0.15, -0.1) is 0 Å². The van der Waals surface area contributed by atoms with Crippen LogP contribution in [0.1, 0.15) is 23.6 Å². The second-order valence-electron chi connectivity index (χ2n) is 7.87. The summed E-state index contributed by atoms with van der Waals surface area (Å²) in [4.78, 5) is 13.2. The third-order valence-corrected chi connectivity index (χ3v) is 7.34. The quantitative estimate of drug-likeness (QED) is 0.477. The zero-order valence-corrected chi connectivity index (χ0v) is 20.9. The van der Waals surface area contributed by atoms with Gasteiger partial charge in [-0.05, 0) is 55.7 Å². The van der Waals surface area contributed by atoms with Gasteiger partial charge in [0.25, 0.3) is 10.0 Å². The van der Waals surface area contributed by atoms with Gasteiger partial charge in [0.2, 0.25) is 5.91 Å². The zero-order chi connectivity index (χ0) is 24.9. The highest BCUT2D eigenvalue weighted by atomic mass is 32.2. The highest BCUT2D eigenvalue weighted by molar-refractivity contribution is 7.92. The van der Waals surface area contributed by atoms with Crippen molar-refractivity contribution in [2.75, 3.05) is 30.4 Å². The van der Waals surface area contributed by atoms with Crippen molar-refractivity contribution < 1.29 is 22.7 Å². The van der Waals surface area contributed by atoms with E-state index in [2.05, 4.69) is 5.32 Å². The second-order valence-corrected chi connectivity index (χ2v) is 9.74. The topological polar surface area (TPSA) is 84.9 Å². The maximum atomic E-state index is 13.7. The summed E-state index contributed by atoms with van der Waals surface area (Å²) in [5, 5.41) is 2.91. The summed E-state index contributed by atoms with van der Waals surface area (Å²) in [6.45, 7) is 5.37. The number of para-hydroxylation sites is 1. The number of carbonyl (C=O) groups is 1. The lowest BCUT2D eigenvalue weighted by Crippen LogP contribution is -2.38. The van der Waals surface area contributed by atoms with Crippen LogP contribution in [0.4, 0.5) is 11.4 Å². The minimum absolute atomic E-state index is 0.0887. The first-order valence-electron chi connectivity index (χ1n) is 10.9. The Kier molecular flexibility index (Phi) is 7.83. The Morgan fingerprint density at radius 1 is 0.941 bits per heavy atom. The van der Waals surface area contributed by atoms with Crippen LogP contribution in [-0.2, 0) is 21.2 Å². The van der Waals surface area contributed by atoms with Gasteiger partial charge in [0.15, 0.2) is 11.5 Å². The van der Waals surface area contributed by atoms with Crippen molar-refractivity contribution in [3.8, 4) is 11.5 Å². The van der Waals surface area contributed by atoms with E-state index in [0.29, 0.717) is 17.2 Å². The molecule has 0 saturated carbocycles. The predicted octanol–water partition coefficient (Wildman–Crippen LogP) is 4.72. The van der Waals surface area contributed by atoms with Crippen LogP contribution in [0.3, 0.4) is 0 Å². The Morgan fingerprint density at radius 3 is 2.24 bits per heavy atom. The standard InChI is InChI=1S/C26H30N2O5S/c1-6-20-9-7-8-19(3)26(20)27-25(29)17-28(21-12-15-23(32-4)24(16-21)33-5)34(30,31)22-13-10-18(2)11-14-22/h7-16H,6,17H2,1-5H3,(H,27,29). The molecule has 3 rings (SSSR count). The number of aryl methyl sites for hydroxylation is 3. The normalized spacial score (nSPS) is 11.1. The van der Waals surface area contributed by atoms with Crippen molar-refractivity contribution in [1.29, 1.82) is 0 Å². The van der Waals surface area contributed by atoms with Gasteiger partial charge in [0.1, 0.15) is 6.54 Å². The Labute approximate surface area is 201 Å². The molecule has 3 aromatic carbocycles. The van der Waals surface area contributed by atoms with E-state index in [0.717, 1.165) is 27.4 Å². The maximum Gasteiger partial charge on any atom is 0.264 e. The van der Waals surface area contributed by atoms with Gasteiger partial charge >= 0.3 is 0 Å². The molecule has 0 heterocycles. The molecule has 0 spiro atoms. The van der Waals surface area contributed by atoms with Gasteiger partial charge in [-0.1, -0.05) is 42.8 Å². The molecule has 1 N–H and O–H groups in total. The third-order valence-electron chi connectivity index (χ3n) is 5.56. The van der Waals surface area contributed by atoms with E-state index in [1.807, 2.05) is 39.0 Å². The van der Waals surface area contributed by atoms with E-state index in [-0.39, 0.29) is 10.6 Å². The molecule has 0 radical (unpaired) electrons. The lowest BCUT2D eigenvalue weighted by molar-refractivity contribution is -0.114. The van der Waals surface area contributed by atoms with Crippen LogP contribution in [0.15, 0.2) is 65.6 Å². The van der Waals surface area contributed by atoms with Crippen LogP contribution in [-0.4, -0.2) is 35.1 Å². The van der Waals surface area contributed by atoms with Gasteiger partial charge < -0.3 is 14.8 Å². The Morgan fingerprint density at radius 2 is 1.62 bits per heavy atom. The number of anilines is 2. The van der Waals surface area contributed by atoms with Crippen LogP contribution in [0, 0.1) is 13.8 Å². The van der Waals surface area contributed by atoms with E-state index in [1.165, 1.54) is 26.4 Å². The third kappa shape index (κ3) is 5.34. The number of hydrogen-bond acceptors (Lipinski definition) is 5. The fraction of sp³-hybridized carbons (Fsp3) is 0.269. The van der Waals surface area contributed by atoms with E-state index >= 15 is 0 Å². The minimum atomic E-state index is -4.05. The summed E-state index contributed by atoms with van der Waals surface area (Å²) in [6, 6.07) is 17.0. The number of amides is 1. The molecule has 0 saturated heterocycles. The summed E-state index contributed by atoms with van der Waals surface area (Å²) >= 11 is 0. The summed E-state index contributed by atoms with van der Waals surface area (Å²) < 4.78 is 39.0. The number of nitrogens with one attached hydrogen (secondary N) is 1. The number of methoxy groups -OCH3 is 2. The van der Waals surface area contributed by atoms with Crippen LogP contribution in [0.2, 0.25) is 0 Å². The molecule has 0 aliphatic heterocycles. The molecule has 0 bridgehead atoms. The molecule has 1 amide bonds. The molecule has 0 unspecified atom stereocenters. The molecule has 3 aromatic rings. The van der Waals surface area contributed by atoms with Crippen molar-refractivity contribution in [2.24, 2.45) is 0 Å². The molecule has 0 atom stereocenters. The van der Waals surface area contributed by atoms with Crippen LogP contribution >= 0.6 is 0 Å². The number of rotatable bonds is 9. The second kappa shape index (κ2) is 10.6. The predicted molar refractivity (Wildman–Crippen MR) is 134 cm³/mol. The van der Waals surface area contributed by atoms with Crippen molar-refractivity contribution in [3.63, 3.8) is 0 Å². The molecule has 0 fully saturated rings. The minimum Gasteiger partial charge on any atom is -0.493 e. The lowest BCUT2D eigenvalue weighted by atomic mass is 10.1. The summed E-state index contributed by atoms with van der Waals surface area (Å²) in [5.74, 6) is 0.363. The van der Waals surface area contributed by atoms with Crippen LogP contribution in [0.5, 0.6) is 11.5 Å². The molecule has 0 aliphatic carbocycles. The number of nitrogens with zero attached hydrogens (tertiary/aromatic N) is 1. The number of ether oxygens (including phenoxy) is 2. The van der Waals surface area contributed by atoms with Crippen LogP contribution in [0.25, 0.3) is 0 Å².